The monoisotopic (exact) mass is 456 g/mol. The smallest absolute Gasteiger partial charge is 0.240 e. The summed E-state index contributed by atoms with van der Waals surface area (Å²) in [5, 5.41) is 11.6. The Morgan fingerprint density at radius 2 is 2.06 bits per heavy atom. The van der Waals surface area contributed by atoms with Gasteiger partial charge in [0.2, 0.25) is 5.91 Å². The highest BCUT2D eigenvalue weighted by Crippen LogP contribution is 2.28. The van der Waals surface area contributed by atoms with Crippen molar-refractivity contribution in [1.82, 2.24) is 25.2 Å². The topological polar surface area (TPSA) is 75.5 Å². The van der Waals surface area contributed by atoms with E-state index in [9.17, 15) is 10.1 Å². The van der Waals surface area contributed by atoms with Crippen molar-refractivity contribution < 1.29 is 4.79 Å². The van der Waals surface area contributed by atoms with Gasteiger partial charge in [-0.15, -0.1) is 11.8 Å². The normalized spacial score (nSPS) is 27.5. The van der Waals surface area contributed by atoms with Gasteiger partial charge in [0.25, 0.3) is 0 Å². The molecule has 1 aliphatic carbocycles. The van der Waals surface area contributed by atoms with Crippen LogP contribution in [0.4, 0.5) is 0 Å². The van der Waals surface area contributed by atoms with Crippen LogP contribution in [0.5, 0.6) is 0 Å². The van der Waals surface area contributed by atoms with Crippen molar-refractivity contribution in [3.63, 3.8) is 0 Å². The molecule has 1 atom stereocenters. The summed E-state index contributed by atoms with van der Waals surface area (Å²) in [6, 6.07) is 6.95. The van der Waals surface area contributed by atoms with Crippen molar-refractivity contribution in [3.8, 4) is 6.07 Å². The molecule has 0 aromatic carbocycles. The van der Waals surface area contributed by atoms with E-state index >= 15 is 0 Å². The molecule has 0 radical (unpaired) electrons. The lowest BCUT2D eigenvalue weighted by atomic mass is 9.87. The van der Waals surface area contributed by atoms with E-state index < -0.39 is 0 Å². The number of likely N-dealkylation sites (tertiary alicyclic amines) is 1. The third-order valence-corrected chi connectivity index (χ3v) is 8.16. The van der Waals surface area contributed by atoms with Crippen molar-refractivity contribution in [2.24, 2.45) is 5.92 Å². The Labute approximate surface area is 196 Å². The van der Waals surface area contributed by atoms with Crippen LogP contribution in [0.15, 0.2) is 24.5 Å². The number of hydrazine groups is 1. The van der Waals surface area contributed by atoms with E-state index in [0.29, 0.717) is 24.5 Å². The number of thioether (sulfide) groups is 1. The quantitative estimate of drug-likeness (QED) is 0.632. The van der Waals surface area contributed by atoms with Crippen LogP contribution < -0.4 is 5.43 Å². The summed E-state index contributed by atoms with van der Waals surface area (Å²) in [7, 11) is 0. The lowest BCUT2D eigenvalue weighted by Crippen LogP contribution is -2.57. The highest BCUT2D eigenvalue weighted by Gasteiger charge is 2.33. The molecule has 1 aromatic heterocycles. The first kappa shape index (κ1) is 23.5. The van der Waals surface area contributed by atoms with Crippen molar-refractivity contribution in [2.45, 2.75) is 70.1 Å². The average molecular weight is 457 g/mol. The Balaban J connectivity index is 1.33. The van der Waals surface area contributed by atoms with Gasteiger partial charge in [0.1, 0.15) is 6.04 Å². The molecule has 174 valence electrons. The fourth-order valence-electron chi connectivity index (χ4n) is 5.07. The molecule has 1 N–H and O–H groups in total. The zero-order valence-electron chi connectivity index (χ0n) is 19.2. The van der Waals surface area contributed by atoms with E-state index in [4.69, 9.17) is 0 Å². The van der Waals surface area contributed by atoms with Gasteiger partial charge in [-0.3, -0.25) is 20.1 Å². The predicted octanol–water partition coefficient (Wildman–Crippen LogP) is 2.86. The summed E-state index contributed by atoms with van der Waals surface area (Å²) in [5.41, 5.74) is 5.03. The van der Waals surface area contributed by atoms with Gasteiger partial charge in [0.05, 0.1) is 18.5 Å². The van der Waals surface area contributed by atoms with Gasteiger partial charge in [0, 0.05) is 49.9 Å². The zero-order valence-corrected chi connectivity index (χ0v) is 20.0. The molecular formula is C24H36N6OS. The van der Waals surface area contributed by atoms with E-state index in [2.05, 4.69) is 39.4 Å². The average Bonchev–Trinajstić information content (AvgIpc) is 3.30. The summed E-state index contributed by atoms with van der Waals surface area (Å²) >= 11 is 1.68. The van der Waals surface area contributed by atoms with Gasteiger partial charge in [-0.1, -0.05) is 13.0 Å². The molecule has 32 heavy (non-hydrogen) atoms. The number of carbonyl (C=O) groups is 1. The fourth-order valence-corrected chi connectivity index (χ4v) is 6.17. The molecule has 1 saturated carbocycles. The van der Waals surface area contributed by atoms with E-state index in [-0.39, 0.29) is 11.9 Å². The van der Waals surface area contributed by atoms with Crippen molar-refractivity contribution in [3.05, 3.63) is 30.1 Å². The Hall–Kier alpha value is -1.66. The van der Waals surface area contributed by atoms with Gasteiger partial charge in [-0.25, -0.2) is 5.01 Å². The maximum atomic E-state index is 13.1. The molecule has 3 aliphatic rings. The van der Waals surface area contributed by atoms with Gasteiger partial charge >= 0.3 is 0 Å². The maximum Gasteiger partial charge on any atom is 0.240 e. The second-order valence-electron chi connectivity index (χ2n) is 9.59. The van der Waals surface area contributed by atoms with E-state index in [1.54, 1.807) is 16.7 Å². The van der Waals surface area contributed by atoms with Crippen LogP contribution in [0, 0.1) is 17.2 Å². The third-order valence-electron chi connectivity index (χ3n) is 7.15. The molecule has 1 amide bonds. The lowest BCUT2D eigenvalue weighted by molar-refractivity contribution is -0.134. The van der Waals surface area contributed by atoms with E-state index in [1.807, 2.05) is 18.5 Å². The van der Waals surface area contributed by atoms with Gasteiger partial charge in [0.15, 0.2) is 0 Å². The minimum atomic E-state index is -0.281. The predicted molar refractivity (Wildman–Crippen MR) is 127 cm³/mol. The summed E-state index contributed by atoms with van der Waals surface area (Å²) in [4.78, 5) is 21.6. The van der Waals surface area contributed by atoms with Crippen molar-refractivity contribution >= 4 is 17.7 Å². The van der Waals surface area contributed by atoms with Crippen LogP contribution in [0.3, 0.4) is 0 Å². The summed E-state index contributed by atoms with van der Waals surface area (Å²) in [5.74, 6) is 2.23. The molecule has 7 nitrogen and oxygen atoms in total. The molecule has 0 spiro atoms. The third kappa shape index (κ3) is 6.22. The number of piperidine rings is 1. The summed E-state index contributed by atoms with van der Waals surface area (Å²) in [6.07, 6.45) is 10.6. The van der Waals surface area contributed by atoms with Crippen LogP contribution in [0.1, 0.15) is 51.0 Å². The van der Waals surface area contributed by atoms with Crippen LogP contribution in [-0.4, -0.2) is 75.1 Å². The molecule has 3 fully saturated rings. The van der Waals surface area contributed by atoms with Crippen LogP contribution in [-0.2, 0) is 11.3 Å². The number of carbonyl (C=O) groups excluding carboxylic acids is 1. The minimum absolute atomic E-state index is 0.0849. The first-order chi connectivity index (χ1) is 15.6. The second-order valence-corrected chi connectivity index (χ2v) is 10.6. The molecule has 1 aromatic rings. The number of amides is 1. The van der Waals surface area contributed by atoms with Crippen LogP contribution in [0.2, 0.25) is 0 Å². The maximum absolute atomic E-state index is 13.1. The van der Waals surface area contributed by atoms with Gasteiger partial charge in [-0.2, -0.15) is 5.26 Å². The van der Waals surface area contributed by atoms with Gasteiger partial charge < -0.3 is 4.90 Å². The number of aromatic nitrogens is 1. The summed E-state index contributed by atoms with van der Waals surface area (Å²) in [6.45, 7) is 5.75. The van der Waals surface area contributed by atoms with Crippen molar-refractivity contribution in [1.29, 1.82) is 5.26 Å². The number of nitrogens with zero attached hydrogens (tertiary/aromatic N) is 5. The molecule has 0 bridgehead atoms. The molecule has 1 unspecified atom stereocenters. The minimum Gasteiger partial charge on any atom is -0.315 e. The molecule has 2 aliphatic heterocycles. The molecule has 8 heteroatoms. The standard InChI is InChI=1S/C24H36N6OS/c1-19-4-6-22(7-5-19)30(16-24(31)29-18-32-17-23(29)13-25)27-21-8-11-28(12-9-21)15-20-3-2-10-26-14-20/h2-3,10,14,19,21-23,27H,4-9,11-12,15-18H2,1H3. The molecule has 3 heterocycles. The highest BCUT2D eigenvalue weighted by atomic mass is 32.2. The first-order valence-electron chi connectivity index (χ1n) is 12.0. The number of nitriles is 1. The lowest BCUT2D eigenvalue weighted by Gasteiger charge is -2.41. The van der Waals surface area contributed by atoms with Crippen LogP contribution in [0.25, 0.3) is 0 Å². The van der Waals surface area contributed by atoms with E-state index in [0.717, 1.165) is 57.0 Å². The number of pyridine rings is 1. The number of rotatable bonds is 7. The summed E-state index contributed by atoms with van der Waals surface area (Å²) < 4.78 is 0. The van der Waals surface area contributed by atoms with Gasteiger partial charge in [-0.05, 0) is 56.1 Å². The highest BCUT2D eigenvalue weighted by molar-refractivity contribution is 7.99. The number of hydrogen-bond donors (Lipinski definition) is 1. The number of hydrogen-bond acceptors (Lipinski definition) is 7. The fraction of sp³-hybridized carbons (Fsp3) is 0.708. The zero-order chi connectivity index (χ0) is 22.3. The Bertz CT molecular complexity index is 770. The largest absolute Gasteiger partial charge is 0.315 e. The Kier molecular flexibility index (Phi) is 8.42. The SMILES string of the molecule is CC1CCC(N(CC(=O)N2CSCC2C#N)NC2CCN(Cc3cccnc3)CC2)CC1. The first-order valence-corrected chi connectivity index (χ1v) is 13.2. The number of nitrogens with one attached hydrogen (secondary N) is 1. The molecule has 2 saturated heterocycles. The second kappa shape index (κ2) is 11.5. The van der Waals surface area contributed by atoms with E-state index in [1.165, 1.54) is 18.4 Å². The van der Waals surface area contributed by atoms with Crippen LogP contribution >= 0.6 is 11.8 Å². The Morgan fingerprint density at radius 3 is 2.75 bits per heavy atom. The Morgan fingerprint density at radius 1 is 1.28 bits per heavy atom. The van der Waals surface area contributed by atoms with Crippen molar-refractivity contribution in [2.75, 3.05) is 31.3 Å². The molecule has 4 rings (SSSR count). The molecular weight excluding hydrogens is 420 g/mol.